The highest BCUT2D eigenvalue weighted by atomic mass is 16.3. The highest BCUT2D eigenvalue weighted by molar-refractivity contribution is 5.68. The van der Waals surface area contributed by atoms with Gasteiger partial charge in [0.05, 0.1) is 23.3 Å². The number of hydrogen-bond acceptors (Lipinski definition) is 6. The van der Waals surface area contributed by atoms with Gasteiger partial charge in [-0.05, 0) is 71.8 Å². The van der Waals surface area contributed by atoms with E-state index in [1.165, 1.54) is 24.3 Å². The molecule has 0 aliphatic carbocycles. The van der Waals surface area contributed by atoms with E-state index < -0.39 is 0 Å². The highest BCUT2D eigenvalue weighted by Crippen LogP contribution is 2.09. The molecule has 2 aromatic heterocycles. The minimum absolute atomic E-state index is 0.133. The zero-order chi connectivity index (χ0) is 23.0. The van der Waals surface area contributed by atoms with Crippen molar-refractivity contribution in [2.45, 2.75) is 0 Å². The lowest BCUT2D eigenvalue weighted by Crippen LogP contribution is -1.74. The zero-order valence-electron chi connectivity index (χ0n) is 17.1. The van der Waals surface area contributed by atoms with E-state index in [1.807, 2.05) is 36.4 Å². The third-order valence-electron chi connectivity index (χ3n) is 3.83. The topological polar surface area (TPSA) is 114 Å². The van der Waals surface area contributed by atoms with Crippen molar-refractivity contribution in [3.05, 3.63) is 120 Å². The third-order valence-corrected chi connectivity index (χ3v) is 3.83. The number of pyridine rings is 2. The van der Waals surface area contributed by atoms with Gasteiger partial charge in [-0.15, -0.1) is 0 Å². The molecule has 0 radical (unpaired) electrons. The van der Waals surface area contributed by atoms with Gasteiger partial charge in [0.1, 0.15) is 11.5 Å². The molecule has 0 bridgehead atoms. The SMILES string of the molecule is C(=C\c1ccncc1)/c1ccncc1.N#Cc1cccc(O)c1.N#Cc1cccc(O)c1. The molecule has 2 heterocycles. The molecule has 0 fully saturated rings. The molecule has 0 atom stereocenters. The molecule has 0 saturated carbocycles. The summed E-state index contributed by atoms with van der Waals surface area (Å²) in [7, 11) is 0. The molecule has 0 unspecified atom stereocenters. The molecule has 4 aromatic rings. The highest BCUT2D eigenvalue weighted by Gasteiger charge is 1.89. The number of benzene rings is 2. The average Bonchev–Trinajstić information content (AvgIpc) is 2.85. The second kappa shape index (κ2) is 13.3. The Morgan fingerprint density at radius 2 is 0.969 bits per heavy atom. The van der Waals surface area contributed by atoms with Gasteiger partial charge in [-0.2, -0.15) is 10.5 Å². The maximum Gasteiger partial charge on any atom is 0.116 e. The molecule has 0 aliphatic rings. The van der Waals surface area contributed by atoms with Crippen molar-refractivity contribution < 1.29 is 10.2 Å². The molecule has 0 amide bonds. The summed E-state index contributed by atoms with van der Waals surface area (Å²) in [5.41, 5.74) is 3.26. The number of nitriles is 2. The van der Waals surface area contributed by atoms with Gasteiger partial charge in [-0.1, -0.05) is 24.3 Å². The molecule has 4 rings (SSSR count). The minimum Gasteiger partial charge on any atom is -0.508 e. The van der Waals surface area contributed by atoms with Crippen LogP contribution in [-0.4, -0.2) is 20.2 Å². The molecule has 0 spiro atoms. The average molecular weight is 420 g/mol. The van der Waals surface area contributed by atoms with Crippen LogP contribution in [0.3, 0.4) is 0 Å². The van der Waals surface area contributed by atoms with E-state index in [1.54, 1.807) is 49.1 Å². The molecule has 156 valence electrons. The predicted octanol–water partition coefficient (Wildman–Crippen LogP) is 5.17. The van der Waals surface area contributed by atoms with E-state index in [9.17, 15) is 0 Å². The van der Waals surface area contributed by atoms with Gasteiger partial charge >= 0.3 is 0 Å². The number of phenolic OH excluding ortho intramolecular Hbond substituents is 2. The van der Waals surface area contributed by atoms with Crippen LogP contribution >= 0.6 is 0 Å². The second-order valence-corrected chi connectivity index (χ2v) is 6.22. The van der Waals surface area contributed by atoms with Gasteiger partial charge in [-0.25, -0.2) is 0 Å². The van der Waals surface area contributed by atoms with Crippen LogP contribution in [0.5, 0.6) is 11.5 Å². The van der Waals surface area contributed by atoms with Crippen molar-refractivity contribution >= 4 is 12.2 Å². The summed E-state index contributed by atoms with van der Waals surface area (Å²) < 4.78 is 0. The number of nitrogens with zero attached hydrogens (tertiary/aromatic N) is 4. The van der Waals surface area contributed by atoms with Gasteiger partial charge in [0.2, 0.25) is 0 Å². The molecule has 6 heteroatoms. The zero-order valence-corrected chi connectivity index (χ0v) is 17.1. The normalized spacial score (nSPS) is 9.31. The minimum atomic E-state index is 0.133. The largest absolute Gasteiger partial charge is 0.508 e. The Bertz CT molecular complexity index is 1110. The summed E-state index contributed by atoms with van der Waals surface area (Å²) in [6.45, 7) is 0. The van der Waals surface area contributed by atoms with Gasteiger partial charge in [0.15, 0.2) is 0 Å². The third kappa shape index (κ3) is 9.04. The molecular formula is C26H20N4O2. The lowest BCUT2D eigenvalue weighted by Gasteiger charge is -1.92. The monoisotopic (exact) mass is 420 g/mol. The van der Waals surface area contributed by atoms with E-state index in [0.717, 1.165) is 11.1 Å². The Hall–Kier alpha value is -4.94. The summed E-state index contributed by atoms with van der Waals surface area (Å²) in [6, 6.07) is 24.1. The summed E-state index contributed by atoms with van der Waals surface area (Å²) in [5, 5.41) is 34.2. The number of phenols is 2. The number of rotatable bonds is 2. The quantitative estimate of drug-likeness (QED) is 0.462. The lowest BCUT2D eigenvalue weighted by atomic mass is 10.2. The van der Waals surface area contributed by atoms with Gasteiger partial charge < -0.3 is 10.2 Å². The van der Waals surface area contributed by atoms with Crippen molar-refractivity contribution in [2.75, 3.05) is 0 Å². The number of hydrogen-bond donors (Lipinski definition) is 2. The van der Waals surface area contributed by atoms with E-state index >= 15 is 0 Å². The standard InChI is InChI=1S/C12H10N2.2C7H5NO/c1(11-3-7-13-8-4-11)2-12-5-9-14-10-6-12;2*8-5-6-2-1-3-7(9)4-6/h1-10H;2*1-4,9H/b2-1+;;. The molecule has 2 aromatic carbocycles. The van der Waals surface area contributed by atoms with E-state index in [4.69, 9.17) is 20.7 Å². The maximum absolute atomic E-state index is 8.79. The van der Waals surface area contributed by atoms with Crippen molar-refractivity contribution in [1.29, 1.82) is 10.5 Å². The van der Waals surface area contributed by atoms with Crippen LogP contribution in [0.1, 0.15) is 22.3 Å². The van der Waals surface area contributed by atoms with Gasteiger partial charge in [0, 0.05) is 24.8 Å². The summed E-state index contributed by atoms with van der Waals surface area (Å²) in [6.07, 6.45) is 11.2. The van der Waals surface area contributed by atoms with Crippen LogP contribution in [0.25, 0.3) is 12.2 Å². The van der Waals surface area contributed by atoms with E-state index in [-0.39, 0.29) is 11.5 Å². The number of aromatic nitrogens is 2. The Morgan fingerprint density at radius 3 is 1.25 bits per heavy atom. The lowest BCUT2D eigenvalue weighted by molar-refractivity contribution is 0.474. The van der Waals surface area contributed by atoms with Crippen LogP contribution in [0, 0.1) is 22.7 Å². The fraction of sp³-hybridized carbons (Fsp3) is 0. The van der Waals surface area contributed by atoms with Crippen LogP contribution in [-0.2, 0) is 0 Å². The summed E-state index contributed by atoms with van der Waals surface area (Å²) in [4.78, 5) is 7.91. The van der Waals surface area contributed by atoms with Crippen molar-refractivity contribution in [2.24, 2.45) is 0 Å². The Balaban J connectivity index is 0.000000178. The summed E-state index contributed by atoms with van der Waals surface area (Å²) >= 11 is 0. The van der Waals surface area contributed by atoms with Crippen LogP contribution in [0.2, 0.25) is 0 Å². The smallest absolute Gasteiger partial charge is 0.116 e. The second-order valence-electron chi connectivity index (χ2n) is 6.22. The Kier molecular flexibility index (Phi) is 9.71. The first kappa shape index (κ1) is 23.3. The first-order valence-corrected chi connectivity index (χ1v) is 9.47. The fourth-order valence-electron chi connectivity index (χ4n) is 2.29. The van der Waals surface area contributed by atoms with Gasteiger partial charge in [-0.3, -0.25) is 9.97 Å². The van der Waals surface area contributed by atoms with Crippen molar-refractivity contribution in [1.82, 2.24) is 9.97 Å². The van der Waals surface area contributed by atoms with Crippen LogP contribution < -0.4 is 0 Å². The first-order valence-electron chi connectivity index (χ1n) is 9.47. The molecule has 0 aliphatic heterocycles. The van der Waals surface area contributed by atoms with E-state index in [2.05, 4.69) is 22.1 Å². The van der Waals surface area contributed by atoms with Crippen molar-refractivity contribution in [3.8, 4) is 23.6 Å². The van der Waals surface area contributed by atoms with E-state index in [0.29, 0.717) is 11.1 Å². The molecule has 0 saturated heterocycles. The first-order chi connectivity index (χ1) is 15.6. The Morgan fingerprint density at radius 1 is 0.594 bits per heavy atom. The molecular weight excluding hydrogens is 400 g/mol. The van der Waals surface area contributed by atoms with Crippen LogP contribution in [0.4, 0.5) is 0 Å². The van der Waals surface area contributed by atoms with Crippen molar-refractivity contribution in [3.63, 3.8) is 0 Å². The molecule has 2 N–H and O–H groups in total. The molecule has 6 nitrogen and oxygen atoms in total. The predicted molar refractivity (Wildman–Crippen MR) is 123 cm³/mol. The van der Waals surface area contributed by atoms with Gasteiger partial charge in [0.25, 0.3) is 0 Å². The maximum atomic E-state index is 8.79. The fourth-order valence-corrected chi connectivity index (χ4v) is 2.29. The molecule has 32 heavy (non-hydrogen) atoms. The summed E-state index contributed by atoms with van der Waals surface area (Å²) in [5.74, 6) is 0.267. The van der Waals surface area contributed by atoms with Crippen LogP contribution in [0.15, 0.2) is 97.6 Å². The Labute approximate surface area is 186 Å². The number of aromatic hydroxyl groups is 2.